The predicted molar refractivity (Wildman–Crippen MR) is 81.0 cm³/mol. The molecule has 0 aromatic heterocycles. The van der Waals surface area contributed by atoms with Gasteiger partial charge in [0.15, 0.2) is 5.78 Å². The zero-order valence-electron chi connectivity index (χ0n) is 12.5. The van der Waals surface area contributed by atoms with Crippen molar-refractivity contribution in [1.29, 1.82) is 0 Å². The first-order valence-electron chi connectivity index (χ1n) is 7.58. The highest BCUT2D eigenvalue weighted by Crippen LogP contribution is 2.27. The fraction of sp³-hybridized carbons (Fsp3) is 0.588. The maximum absolute atomic E-state index is 12.2. The summed E-state index contributed by atoms with van der Waals surface area (Å²) in [5.74, 6) is 1.90. The summed E-state index contributed by atoms with van der Waals surface area (Å²) in [6.45, 7) is 4.90. The van der Waals surface area contributed by atoms with Gasteiger partial charge in [-0.15, -0.1) is 0 Å². The largest absolute Gasteiger partial charge is 0.490 e. The smallest absolute Gasteiger partial charge is 0.163 e. The molecule has 1 unspecified atom stereocenters. The molecule has 3 heteroatoms. The predicted octanol–water partition coefficient (Wildman–Crippen LogP) is 3.42. The topological polar surface area (TPSA) is 52.3 Å². The van der Waals surface area contributed by atoms with Crippen LogP contribution in [0.4, 0.5) is 0 Å². The lowest BCUT2D eigenvalue weighted by atomic mass is 9.91. The van der Waals surface area contributed by atoms with Crippen LogP contribution in [0.2, 0.25) is 0 Å². The molecule has 1 aromatic rings. The number of rotatable bonds is 8. The third-order valence-electron chi connectivity index (χ3n) is 3.62. The van der Waals surface area contributed by atoms with Crippen molar-refractivity contribution in [3.63, 3.8) is 0 Å². The molecule has 20 heavy (non-hydrogen) atoms. The number of nitrogens with two attached hydrogens (primary N) is 1. The maximum Gasteiger partial charge on any atom is 0.163 e. The number of ketones is 1. The molecular formula is C17H25NO2. The molecular weight excluding hydrogens is 250 g/mol. The van der Waals surface area contributed by atoms with Crippen molar-refractivity contribution in [2.24, 2.45) is 17.6 Å². The maximum atomic E-state index is 12.2. The molecule has 3 nitrogen and oxygen atoms in total. The molecule has 2 N–H and O–H groups in total. The molecule has 0 radical (unpaired) electrons. The molecule has 1 aliphatic carbocycles. The molecule has 1 atom stereocenters. The Morgan fingerprint density at radius 2 is 1.95 bits per heavy atom. The van der Waals surface area contributed by atoms with E-state index in [9.17, 15) is 4.79 Å². The molecule has 1 saturated carbocycles. The van der Waals surface area contributed by atoms with Crippen LogP contribution < -0.4 is 10.5 Å². The zero-order valence-corrected chi connectivity index (χ0v) is 12.5. The van der Waals surface area contributed by atoms with Gasteiger partial charge in [-0.3, -0.25) is 4.79 Å². The van der Waals surface area contributed by atoms with Crippen molar-refractivity contribution in [3.8, 4) is 5.75 Å². The van der Waals surface area contributed by atoms with Crippen LogP contribution in [0.5, 0.6) is 5.75 Å². The Balaban J connectivity index is 1.90. The fourth-order valence-electron chi connectivity index (χ4n) is 2.41. The van der Waals surface area contributed by atoms with Gasteiger partial charge in [0.05, 0.1) is 6.10 Å². The van der Waals surface area contributed by atoms with Gasteiger partial charge in [0.1, 0.15) is 5.75 Å². The Kier molecular flexibility index (Phi) is 5.18. The molecule has 0 amide bonds. The Morgan fingerprint density at radius 1 is 1.30 bits per heavy atom. The molecule has 110 valence electrons. The summed E-state index contributed by atoms with van der Waals surface area (Å²) in [6.07, 6.45) is 4.23. The number of benzene rings is 1. The Morgan fingerprint density at radius 3 is 2.45 bits per heavy atom. The summed E-state index contributed by atoms with van der Waals surface area (Å²) in [5.41, 5.74) is 6.52. The number of hydrogen-bond donors (Lipinski definition) is 1. The Hall–Kier alpha value is -1.35. The van der Waals surface area contributed by atoms with Gasteiger partial charge >= 0.3 is 0 Å². The molecule has 0 aliphatic heterocycles. The summed E-state index contributed by atoms with van der Waals surface area (Å²) in [6, 6.07) is 7.52. The molecule has 0 saturated heterocycles. The van der Waals surface area contributed by atoms with Crippen molar-refractivity contribution in [2.45, 2.75) is 45.6 Å². The number of carbonyl (C=O) groups excluding carboxylic acids is 1. The van der Waals surface area contributed by atoms with Crippen molar-refractivity contribution < 1.29 is 9.53 Å². The van der Waals surface area contributed by atoms with E-state index in [1.807, 2.05) is 24.3 Å². The Labute approximate surface area is 121 Å². The van der Waals surface area contributed by atoms with Gasteiger partial charge in [-0.05, 0) is 61.9 Å². The van der Waals surface area contributed by atoms with Gasteiger partial charge in [-0.1, -0.05) is 13.8 Å². The van der Waals surface area contributed by atoms with Crippen LogP contribution in [0, 0.1) is 11.8 Å². The van der Waals surface area contributed by atoms with E-state index in [2.05, 4.69) is 13.8 Å². The van der Waals surface area contributed by atoms with Crippen LogP contribution in [0.15, 0.2) is 24.3 Å². The van der Waals surface area contributed by atoms with Crippen molar-refractivity contribution in [2.75, 3.05) is 6.54 Å². The minimum Gasteiger partial charge on any atom is -0.490 e. The van der Waals surface area contributed by atoms with Crippen molar-refractivity contribution in [3.05, 3.63) is 29.8 Å². The third-order valence-corrected chi connectivity index (χ3v) is 3.62. The average molecular weight is 275 g/mol. The van der Waals surface area contributed by atoms with Gasteiger partial charge in [0.25, 0.3) is 0 Å². The summed E-state index contributed by atoms with van der Waals surface area (Å²) < 4.78 is 5.68. The standard InChI is InChI=1S/C17H25NO2/c1-12(2)9-13(11-18)10-17(19)14-3-5-15(6-4-14)20-16-7-8-16/h3-6,12-13,16H,7-11,18H2,1-2H3. The molecule has 1 fully saturated rings. The quantitative estimate of drug-likeness (QED) is 0.740. The third kappa shape index (κ3) is 4.64. The van der Waals surface area contributed by atoms with Crippen LogP contribution in [-0.4, -0.2) is 18.4 Å². The summed E-state index contributed by atoms with van der Waals surface area (Å²) in [7, 11) is 0. The van der Waals surface area contributed by atoms with E-state index in [4.69, 9.17) is 10.5 Å². The van der Waals surface area contributed by atoms with E-state index in [-0.39, 0.29) is 11.7 Å². The fourth-order valence-corrected chi connectivity index (χ4v) is 2.41. The number of hydrogen-bond acceptors (Lipinski definition) is 3. The summed E-state index contributed by atoms with van der Waals surface area (Å²) in [5, 5.41) is 0. The van der Waals surface area contributed by atoms with E-state index in [1.165, 1.54) is 0 Å². The van der Waals surface area contributed by atoms with Crippen molar-refractivity contribution >= 4 is 5.78 Å². The van der Waals surface area contributed by atoms with Gasteiger partial charge in [0.2, 0.25) is 0 Å². The molecule has 1 aromatic carbocycles. The van der Waals surface area contributed by atoms with E-state index >= 15 is 0 Å². The molecule has 1 aliphatic rings. The van der Waals surface area contributed by atoms with Gasteiger partial charge in [-0.2, -0.15) is 0 Å². The number of Topliss-reactive ketones (excluding diaryl/α,β-unsaturated/α-hetero) is 1. The van der Waals surface area contributed by atoms with Gasteiger partial charge < -0.3 is 10.5 Å². The van der Waals surface area contributed by atoms with E-state index in [1.54, 1.807) is 0 Å². The van der Waals surface area contributed by atoms with Crippen LogP contribution in [0.1, 0.15) is 49.9 Å². The first-order chi connectivity index (χ1) is 9.58. The highest BCUT2D eigenvalue weighted by Gasteiger charge is 2.23. The van der Waals surface area contributed by atoms with Crippen LogP contribution >= 0.6 is 0 Å². The second-order valence-electron chi connectivity index (χ2n) is 6.20. The van der Waals surface area contributed by atoms with Crippen LogP contribution in [0.25, 0.3) is 0 Å². The lowest BCUT2D eigenvalue weighted by molar-refractivity contribution is 0.0957. The molecule has 2 rings (SSSR count). The lowest BCUT2D eigenvalue weighted by Crippen LogP contribution is -2.20. The monoisotopic (exact) mass is 275 g/mol. The molecule has 0 bridgehead atoms. The molecule has 0 heterocycles. The Bertz CT molecular complexity index is 435. The normalized spacial score (nSPS) is 16.2. The highest BCUT2D eigenvalue weighted by molar-refractivity contribution is 5.96. The second-order valence-corrected chi connectivity index (χ2v) is 6.20. The highest BCUT2D eigenvalue weighted by atomic mass is 16.5. The minimum absolute atomic E-state index is 0.180. The van der Waals surface area contributed by atoms with E-state index < -0.39 is 0 Å². The first-order valence-corrected chi connectivity index (χ1v) is 7.58. The lowest BCUT2D eigenvalue weighted by Gasteiger charge is -2.16. The van der Waals surface area contributed by atoms with E-state index in [0.717, 1.165) is 30.6 Å². The number of carbonyl (C=O) groups is 1. The second kappa shape index (κ2) is 6.89. The zero-order chi connectivity index (χ0) is 14.5. The minimum atomic E-state index is 0.180. The first kappa shape index (κ1) is 15.0. The average Bonchev–Trinajstić information content (AvgIpc) is 3.22. The number of ether oxygens (including phenoxy) is 1. The van der Waals surface area contributed by atoms with Gasteiger partial charge in [-0.25, -0.2) is 0 Å². The van der Waals surface area contributed by atoms with Crippen LogP contribution in [0.3, 0.4) is 0 Å². The SMILES string of the molecule is CC(C)CC(CN)CC(=O)c1ccc(OC2CC2)cc1. The van der Waals surface area contributed by atoms with Crippen molar-refractivity contribution in [1.82, 2.24) is 0 Å². The van der Waals surface area contributed by atoms with E-state index in [0.29, 0.717) is 25.0 Å². The van der Waals surface area contributed by atoms with Gasteiger partial charge in [0, 0.05) is 12.0 Å². The molecule has 0 spiro atoms. The summed E-state index contributed by atoms with van der Waals surface area (Å²) >= 11 is 0. The van der Waals surface area contributed by atoms with Crippen LogP contribution in [-0.2, 0) is 0 Å². The summed E-state index contributed by atoms with van der Waals surface area (Å²) in [4.78, 5) is 12.2.